The predicted molar refractivity (Wildman–Crippen MR) is 50.4 cm³/mol. The lowest BCUT2D eigenvalue weighted by atomic mass is 10.3. The van der Waals surface area contributed by atoms with Crippen LogP contribution in [0.4, 0.5) is 0 Å². The molecule has 0 fully saturated rings. The van der Waals surface area contributed by atoms with E-state index in [0.29, 0.717) is 0 Å². The van der Waals surface area contributed by atoms with Crippen LogP contribution in [0.5, 0.6) is 0 Å². The van der Waals surface area contributed by atoms with Crippen molar-refractivity contribution in [3.05, 3.63) is 24.5 Å². The van der Waals surface area contributed by atoms with E-state index in [9.17, 15) is 4.21 Å². The van der Waals surface area contributed by atoms with E-state index in [1.807, 2.05) is 26.8 Å². The molecule has 0 aromatic carbocycles. The molecule has 1 aromatic heterocycles. The van der Waals surface area contributed by atoms with Gasteiger partial charge in [0.2, 0.25) is 0 Å². The van der Waals surface area contributed by atoms with Gasteiger partial charge >= 0.3 is 0 Å². The van der Waals surface area contributed by atoms with Crippen LogP contribution in [0.15, 0.2) is 29.4 Å². The second kappa shape index (κ2) is 3.35. The molecular formula is C9H13NOS. The topological polar surface area (TPSA) is 30.0 Å². The van der Waals surface area contributed by atoms with E-state index in [1.54, 1.807) is 18.5 Å². The van der Waals surface area contributed by atoms with Crippen LogP contribution in [0.1, 0.15) is 20.8 Å². The first-order chi connectivity index (χ1) is 5.52. The summed E-state index contributed by atoms with van der Waals surface area (Å²) >= 11 is 0. The number of nitrogens with zero attached hydrogens (tertiary/aromatic N) is 1. The van der Waals surface area contributed by atoms with Crippen LogP contribution in [0.25, 0.3) is 0 Å². The van der Waals surface area contributed by atoms with Gasteiger partial charge in [0.25, 0.3) is 0 Å². The Hall–Kier alpha value is -0.700. The largest absolute Gasteiger partial charge is 0.263 e. The van der Waals surface area contributed by atoms with Crippen LogP contribution in [-0.4, -0.2) is 13.9 Å². The molecule has 0 N–H and O–H groups in total. The van der Waals surface area contributed by atoms with Crippen molar-refractivity contribution in [2.24, 2.45) is 0 Å². The van der Waals surface area contributed by atoms with Gasteiger partial charge in [-0.15, -0.1) is 0 Å². The third kappa shape index (κ3) is 2.14. The number of aromatic nitrogens is 1. The van der Waals surface area contributed by atoms with Gasteiger partial charge in [-0.25, -0.2) is 0 Å². The minimum absolute atomic E-state index is 0.205. The Labute approximate surface area is 75.5 Å². The van der Waals surface area contributed by atoms with Crippen molar-refractivity contribution in [3.63, 3.8) is 0 Å². The van der Waals surface area contributed by atoms with Gasteiger partial charge in [-0.1, -0.05) is 0 Å². The second-order valence-corrected chi connectivity index (χ2v) is 5.80. The third-order valence-electron chi connectivity index (χ3n) is 1.40. The molecule has 3 heteroatoms. The van der Waals surface area contributed by atoms with Gasteiger partial charge < -0.3 is 0 Å². The molecule has 0 saturated carbocycles. The van der Waals surface area contributed by atoms with Crippen molar-refractivity contribution in [3.8, 4) is 0 Å². The molecule has 0 aliphatic carbocycles. The van der Waals surface area contributed by atoms with E-state index in [2.05, 4.69) is 4.98 Å². The molecule has 66 valence electrons. The molecule has 0 spiro atoms. The van der Waals surface area contributed by atoms with Gasteiger partial charge in [0.1, 0.15) is 0 Å². The van der Waals surface area contributed by atoms with E-state index in [1.165, 1.54) is 0 Å². The molecule has 1 atom stereocenters. The average Bonchev–Trinajstić information content (AvgIpc) is 2.03. The predicted octanol–water partition coefficient (Wildman–Crippen LogP) is 1.99. The molecule has 12 heavy (non-hydrogen) atoms. The van der Waals surface area contributed by atoms with Gasteiger partial charge in [0.15, 0.2) is 0 Å². The molecule has 0 aliphatic heterocycles. The summed E-state index contributed by atoms with van der Waals surface area (Å²) < 4.78 is 11.5. The molecule has 2 nitrogen and oxygen atoms in total. The summed E-state index contributed by atoms with van der Waals surface area (Å²) in [6, 6.07) is 3.65. The molecule has 0 unspecified atom stereocenters. The molecule has 1 aromatic rings. The maximum Gasteiger partial charge on any atom is 0.0599 e. The molecule has 0 aliphatic rings. The molecule has 1 rings (SSSR count). The third-order valence-corrected chi connectivity index (χ3v) is 3.19. The fourth-order valence-corrected chi connectivity index (χ4v) is 1.88. The number of pyridine rings is 1. The Kier molecular flexibility index (Phi) is 2.62. The SMILES string of the molecule is CC(C)(C)[S@](=O)c1cccnc1. The Bertz CT molecular complexity index is 276. The van der Waals surface area contributed by atoms with Crippen molar-refractivity contribution in [2.75, 3.05) is 0 Å². The van der Waals surface area contributed by atoms with E-state index >= 15 is 0 Å². The number of rotatable bonds is 1. The molecule has 0 saturated heterocycles. The number of hydrogen-bond acceptors (Lipinski definition) is 2. The highest BCUT2D eigenvalue weighted by Gasteiger charge is 2.20. The van der Waals surface area contributed by atoms with E-state index < -0.39 is 10.8 Å². The van der Waals surface area contributed by atoms with Gasteiger partial charge in [0, 0.05) is 17.1 Å². The summed E-state index contributed by atoms with van der Waals surface area (Å²) in [5.74, 6) is 0. The van der Waals surface area contributed by atoms with Crippen molar-refractivity contribution < 1.29 is 4.21 Å². The molecule has 1 heterocycles. The zero-order chi connectivity index (χ0) is 9.19. The quantitative estimate of drug-likeness (QED) is 0.666. The highest BCUT2D eigenvalue weighted by molar-refractivity contribution is 7.86. The first kappa shape index (κ1) is 9.39. The lowest BCUT2D eigenvalue weighted by molar-refractivity contribution is 0.648. The molecule has 0 bridgehead atoms. The minimum Gasteiger partial charge on any atom is -0.263 e. The smallest absolute Gasteiger partial charge is 0.0599 e. The highest BCUT2D eigenvalue weighted by Crippen LogP contribution is 2.18. The second-order valence-electron chi connectivity index (χ2n) is 3.57. The number of hydrogen-bond donors (Lipinski definition) is 0. The monoisotopic (exact) mass is 183 g/mol. The van der Waals surface area contributed by atoms with E-state index in [-0.39, 0.29) is 4.75 Å². The summed E-state index contributed by atoms with van der Waals surface area (Å²) in [4.78, 5) is 4.72. The summed E-state index contributed by atoms with van der Waals surface area (Å²) in [6.07, 6.45) is 3.34. The lowest BCUT2D eigenvalue weighted by Crippen LogP contribution is -2.21. The zero-order valence-electron chi connectivity index (χ0n) is 7.57. The van der Waals surface area contributed by atoms with Gasteiger partial charge in [-0.2, -0.15) is 0 Å². The van der Waals surface area contributed by atoms with Gasteiger partial charge in [0.05, 0.1) is 15.7 Å². The zero-order valence-corrected chi connectivity index (χ0v) is 8.39. The first-order valence-electron chi connectivity index (χ1n) is 3.84. The maximum atomic E-state index is 11.7. The Morgan fingerprint density at radius 2 is 2.08 bits per heavy atom. The normalized spacial score (nSPS) is 14.2. The van der Waals surface area contributed by atoms with E-state index in [0.717, 1.165) is 4.90 Å². The minimum atomic E-state index is -0.963. The van der Waals surface area contributed by atoms with Crippen LogP contribution in [0.3, 0.4) is 0 Å². The fraction of sp³-hybridized carbons (Fsp3) is 0.444. The average molecular weight is 183 g/mol. The summed E-state index contributed by atoms with van der Waals surface area (Å²) in [7, 11) is -0.963. The lowest BCUT2D eigenvalue weighted by Gasteiger charge is -2.16. The van der Waals surface area contributed by atoms with Crippen LogP contribution in [0, 0.1) is 0 Å². The first-order valence-corrected chi connectivity index (χ1v) is 4.99. The molecule has 0 amide bonds. The van der Waals surface area contributed by atoms with Crippen molar-refractivity contribution in [1.82, 2.24) is 4.98 Å². The van der Waals surface area contributed by atoms with Gasteiger partial charge in [-0.3, -0.25) is 9.19 Å². The van der Waals surface area contributed by atoms with Crippen LogP contribution < -0.4 is 0 Å². The standard InChI is InChI=1S/C9H13NOS/c1-9(2,3)12(11)8-5-4-6-10-7-8/h4-7H,1-3H3/t12-/m1/s1. The maximum absolute atomic E-state index is 11.7. The van der Waals surface area contributed by atoms with Crippen molar-refractivity contribution in [1.29, 1.82) is 0 Å². The van der Waals surface area contributed by atoms with Crippen LogP contribution >= 0.6 is 0 Å². The Balaban J connectivity index is 2.94. The highest BCUT2D eigenvalue weighted by atomic mass is 32.2. The van der Waals surface area contributed by atoms with E-state index in [4.69, 9.17) is 0 Å². The summed E-state index contributed by atoms with van der Waals surface area (Å²) in [5, 5.41) is 0. The summed E-state index contributed by atoms with van der Waals surface area (Å²) in [5.41, 5.74) is 0. The van der Waals surface area contributed by atoms with Gasteiger partial charge in [-0.05, 0) is 32.9 Å². The molecular weight excluding hydrogens is 170 g/mol. The van der Waals surface area contributed by atoms with Crippen LogP contribution in [0.2, 0.25) is 0 Å². The molecule has 0 radical (unpaired) electrons. The Morgan fingerprint density at radius 1 is 1.42 bits per heavy atom. The summed E-state index contributed by atoms with van der Waals surface area (Å²) in [6.45, 7) is 5.86. The van der Waals surface area contributed by atoms with Crippen LogP contribution in [-0.2, 0) is 10.8 Å². The van der Waals surface area contributed by atoms with Crippen molar-refractivity contribution in [2.45, 2.75) is 30.4 Å². The van der Waals surface area contributed by atoms with Crippen molar-refractivity contribution >= 4 is 10.8 Å². The Morgan fingerprint density at radius 3 is 2.50 bits per heavy atom. The fourth-order valence-electron chi connectivity index (χ4n) is 0.810.